The van der Waals surface area contributed by atoms with E-state index in [1.807, 2.05) is 24.3 Å². The maximum Gasteiger partial charge on any atom is 0.256 e. The highest BCUT2D eigenvalue weighted by Crippen LogP contribution is 2.39. The van der Waals surface area contributed by atoms with Crippen molar-refractivity contribution in [1.82, 2.24) is 5.32 Å². The quantitative estimate of drug-likeness (QED) is 0.742. The lowest BCUT2D eigenvalue weighted by molar-refractivity contribution is -0.0132. The van der Waals surface area contributed by atoms with Gasteiger partial charge in [0.25, 0.3) is 5.91 Å². The number of amides is 1. The third kappa shape index (κ3) is 1.51. The second-order valence-electron chi connectivity index (χ2n) is 4.98. The van der Waals surface area contributed by atoms with Gasteiger partial charge < -0.3 is 15.7 Å². The summed E-state index contributed by atoms with van der Waals surface area (Å²) in [6.07, 6.45) is 0. The van der Waals surface area contributed by atoms with Crippen LogP contribution in [0.5, 0.6) is 0 Å². The number of halogens is 1. The van der Waals surface area contributed by atoms with Gasteiger partial charge in [-0.05, 0) is 23.1 Å². The number of carbonyl (C=O) groups excluding carboxylic acids is 1. The zero-order valence-corrected chi connectivity index (χ0v) is 10.9. The van der Waals surface area contributed by atoms with Crippen molar-refractivity contribution in [3.8, 4) is 0 Å². The summed E-state index contributed by atoms with van der Waals surface area (Å²) in [5.41, 5.74) is 1.63. The van der Waals surface area contributed by atoms with Gasteiger partial charge in [-0.25, -0.2) is 0 Å². The smallest absolute Gasteiger partial charge is 0.256 e. The Hall–Kier alpha value is -1.62. The van der Waals surface area contributed by atoms with Crippen LogP contribution in [0.25, 0.3) is 10.8 Å². The van der Waals surface area contributed by atoms with Gasteiger partial charge in [-0.15, -0.1) is 12.4 Å². The van der Waals surface area contributed by atoms with Gasteiger partial charge in [0.05, 0.1) is 0 Å². The van der Waals surface area contributed by atoms with Gasteiger partial charge in [-0.1, -0.05) is 18.2 Å². The van der Waals surface area contributed by atoms with Crippen molar-refractivity contribution in [3.63, 3.8) is 0 Å². The fourth-order valence-electron chi connectivity index (χ4n) is 2.85. The molecule has 0 aromatic heterocycles. The van der Waals surface area contributed by atoms with E-state index in [1.165, 1.54) is 0 Å². The van der Waals surface area contributed by atoms with Crippen molar-refractivity contribution in [1.29, 1.82) is 0 Å². The van der Waals surface area contributed by atoms with E-state index in [-0.39, 0.29) is 18.3 Å². The fourth-order valence-corrected chi connectivity index (χ4v) is 2.85. The molecule has 4 nitrogen and oxygen atoms in total. The van der Waals surface area contributed by atoms with Gasteiger partial charge >= 0.3 is 0 Å². The molecule has 0 aliphatic carbocycles. The Morgan fingerprint density at radius 1 is 1.16 bits per heavy atom. The third-order valence-corrected chi connectivity index (χ3v) is 3.87. The Kier molecular flexibility index (Phi) is 2.57. The molecule has 0 unspecified atom stereocenters. The predicted octanol–water partition coefficient (Wildman–Crippen LogP) is 1.62. The molecule has 19 heavy (non-hydrogen) atoms. The molecule has 2 aromatic rings. The first-order valence-electron chi connectivity index (χ1n) is 6.00. The number of nitrogens with one attached hydrogen (secondary N) is 2. The number of rotatable bonds is 1. The molecule has 0 bridgehead atoms. The lowest BCUT2D eigenvalue weighted by Crippen LogP contribution is -2.56. The largest absolute Gasteiger partial charge is 0.382 e. The zero-order chi connectivity index (χ0) is 12.3. The van der Waals surface area contributed by atoms with E-state index in [9.17, 15) is 9.90 Å². The minimum absolute atomic E-state index is 0. The summed E-state index contributed by atoms with van der Waals surface area (Å²) in [4.78, 5) is 11.8. The minimum Gasteiger partial charge on any atom is -0.382 e. The van der Waals surface area contributed by atoms with Gasteiger partial charge in [0.2, 0.25) is 0 Å². The molecule has 2 aromatic carbocycles. The fraction of sp³-hybridized carbons (Fsp3) is 0.214. The van der Waals surface area contributed by atoms with Gasteiger partial charge in [-0.3, -0.25) is 4.79 Å². The zero-order valence-electron chi connectivity index (χ0n) is 10.1. The molecule has 2 heterocycles. The first kappa shape index (κ1) is 12.4. The molecule has 0 spiro atoms. The van der Waals surface area contributed by atoms with E-state index >= 15 is 0 Å². The lowest BCUT2D eigenvalue weighted by Gasteiger charge is -2.38. The number of carbonyl (C=O) groups is 1. The summed E-state index contributed by atoms with van der Waals surface area (Å²) in [6.45, 7) is 1.13. The number of benzene rings is 2. The molecule has 0 atom stereocenters. The Balaban J connectivity index is 0.00000110. The number of aliphatic hydroxyl groups is 1. The van der Waals surface area contributed by atoms with E-state index in [0.717, 1.165) is 22.0 Å². The van der Waals surface area contributed by atoms with Crippen LogP contribution in [0.2, 0.25) is 0 Å². The first-order chi connectivity index (χ1) is 8.69. The van der Waals surface area contributed by atoms with E-state index in [4.69, 9.17) is 0 Å². The number of hydrogen-bond acceptors (Lipinski definition) is 3. The highest BCUT2D eigenvalue weighted by molar-refractivity contribution is 6.24. The normalized spacial score (nSPS) is 18.7. The molecule has 5 heteroatoms. The standard InChI is InChI=1S/C14H12N2O2.ClH/c17-13-9-4-5-10(14(18)6-15-7-14)8-2-1-3-11(16-13)12(8)9;/h1-5,15,18H,6-7H2,(H,16,17);1H. The highest BCUT2D eigenvalue weighted by Gasteiger charge is 2.38. The van der Waals surface area contributed by atoms with Crippen LogP contribution in [0.3, 0.4) is 0 Å². The van der Waals surface area contributed by atoms with Crippen LogP contribution in [0.1, 0.15) is 15.9 Å². The van der Waals surface area contributed by atoms with Crippen LogP contribution in [-0.2, 0) is 5.60 Å². The Bertz CT molecular complexity index is 695. The molecule has 1 fully saturated rings. The highest BCUT2D eigenvalue weighted by atomic mass is 35.5. The summed E-state index contributed by atoms with van der Waals surface area (Å²) in [7, 11) is 0. The molecule has 1 saturated heterocycles. The van der Waals surface area contributed by atoms with Crippen molar-refractivity contribution in [2.45, 2.75) is 5.60 Å². The van der Waals surface area contributed by atoms with Crippen molar-refractivity contribution >= 4 is 34.8 Å². The molecule has 0 radical (unpaired) electrons. The summed E-state index contributed by atoms with van der Waals surface area (Å²) in [5, 5.41) is 18.3. The van der Waals surface area contributed by atoms with Crippen molar-refractivity contribution in [2.75, 3.05) is 18.4 Å². The third-order valence-electron chi connectivity index (χ3n) is 3.87. The van der Waals surface area contributed by atoms with Crippen LogP contribution in [-0.4, -0.2) is 24.1 Å². The van der Waals surface area contributed by atoms with E-state index in [0.29, 0.717) is 18.7 Å². The maximum absolute atomic E-state index is 11.8. The summed E-state index contributed by atoms with van der Waals surface area (Å²) < 4.78 is 0. The number of β-amino-alcohol motifs (C(OH)–C–C–N with tert-alkyl or cyclic N) is 1. The lowest BCUT2D eigenvalue weighted by atomic mass is 9.84. The van der Waals surface area contributed by atoms with Gasteiger partial charge in [-0.2, -0.15) is 0 Å². The Labute approximate surface area is 116 Å². The monoisotopic (exact) mass is 276 g/mol. The molecule has 0 saturated carbocycles. The molecule has 2 aliphatic heterocycles. The summed E-state index contributed by atoms with van der Waals surface area (Å²) in [6, 6.07) is 9.44. The van der Waals surface area contributed by atoms with Crippen LogP contribution < -0.4 is 10.6 Å². The Morgan fingerprint density at radius 3 is 2.63 bits per heavy atom. The molecule has 1 amide bonds. The topological polar surface area (TPSA) is 61.4 Å². The van der Waals surface area contributed by atoms with Crippen molar-refractivity contribution in [3.05, 3.63) is 41.5 Å². The van der Waals surface area contributed by atoms with Gasteiger partial charge in [0, 0.05) is 29.7 Å². The van der Waals surface area contributed by atoms with E-state index in [2.05, 4.69) is 10.6 Å². The van der Waals surface area contributed by atoms with Crippen LogP contribution in [0.4, 0.5) is 5.69 Å². The predicted molar refractivity (Wildman–Crippen MR) is 75.9 cm³/mol. The summed E-state index contributed by atoms with van der Waals surface area (Å²) >= 11 is 0. The minimum atomic E-state index is -0.803. The van der Waals surface area contributed by atoms with Crippen LogP contribution in [0.15, 0.2) is 30.3 Å². The number of hydrogen-bond donors (Lipinski definition) is 3. The van der Waals surface area contributed by atoms with Crippen molar-refractivity contribution < 1.29 is 9.90 Å². The second-order valence-corrected chi connectivity index (χ2v) is 4.98. The van der Waals surface area contributed by atoms with E-state index in [1.54, 1.807) is 6.07 Å². The average molecular weight is 277 g/mol. The second kappa shape index (κ2) is 3.93. The molecule has 3 N–H and O–H groups in total. The van der Waals surface area contributed by atoms with Gasteiger partial charge in [0.15, 0.2) is 0 Å². The van der Waals surface area contributed by atoms with Crippen LogP contribution >= 0.6 is 12.4 Å². The first-order valence-corrected chi connectivity index (χ1v) is 6.00. The van der Waals surface area contributed by atoms with Crippen LogP contribution in [0, 0.1) is 0 Å². The van der Waals surface area contributed by atoms with E-state index < -0.39 is 5.60 Å². The molecular weight excluding hydrogens is 264 g/mol. The average Bonchev–Trinajstić information content (AvgIpc) is 2.66. The maximum atomic E-state index is 11.8. The molecule has 4 rings (SSSR count). The Morgan fingerprint density at radius 2 is 1.95 bits per heavy atom. The SMILES string of the molecule is Cl.O=C1Nc2cccc3c(C4(O)CNC4)ccc1c23. The van der Waals surface area contributed by atoms with Crippen molar-refractivity contribution in [2.24, 2.45) is 0 Å². The molecule has 2 aliphatic rings. The molecule has 98 valence electrons. The summed E-state index contributed by atoms with van der Waals surface area (Å²) in [5.74, 6) is -0.0634. The molecular formula is C14H13ClN2O2. The number of anilines is 1. The van der Waals surface area contributed by atoms with Gasteiger partial charge in [0.1, 0.15) is 5.60 Å².